The third kappa shape index (κ3) is 3.76. The van der Waals surface area contributed by atoms with Gasteiger partial charge < -0.3 is 5.32 Å². The van der Waals surface area contributed by atoms with Crippen LogP contribution in [0.3, 0.4) is 0 Å². The van der Waals surface area contributed by atoms with E-state index in [-0.39, 0.29) is 0 Å². The highest BCUT2D eigenvalue weighted by Crippen LogP contribution is 2.33. The molecule has 0 aromatic heterocycles. The van der Waals surface area contributed by atoms with Crippen LogP contribution in [-0.2, 0) is 0 Å². The Morgan fingerprint density at radius 1 is 1.00 bits per heavy atom. The molecule has 2 heteroatoms. The van der Waals surface area contributed by atoms with Gasteiger partial charge in [-0.15, -0.1) is 0 Å². The molecule has 2 aliphatic rings. The van der Waals surface area contributed by atoms with Crippen LogP contribution in [0.1, 0.15) is 43.6 Å². The Kier molecular flexibility index (Phi) is 4.84. The summed E-state index contributed by atoms with van der Waals surface area (Å²) in [5, 5.41) is 3.82. The second-order valence-corrected chi connectivity index (χ2v) is 7.25. The fraction of sp³-hybridized carbons (Fsp3) is 0.647. The molecule has 0 radical (unpaired) electrons. The van der Waals surface area contributed by atoms with Gasteiger partial charge in [0, 0.05) is 6.04 Å². The minimum Gasteiger partial charge on any atom is -0.314 e. The van der Waals surface area contributed by atoms with Crippen LogP contribution >= 0.6 is 11.8 Å². The predicted molar refractivity (Wildman–Crippen MR) is 84.9 cm³/mol. The van der Waals surface area contributed by atoms with Crippen molar-refractivity contribution in [1.29, 1.82) is 0 Å². The van der Waals surface area contributed by atoms with Crippen molar-refractivity contribution < 1.29 is 0 Å². The molecule has 1 aromatic rings. The van der Waals surface area contributed by atoms with Crippen molar-refractivity contribution in [2.24, 2.45) is 5.92 Å². The molecule has 1 unspecified atom stereocenters. The van der Waals surface area contributed by atoms with E-state index in [0.717, 1.165) is 17.9 Å². The first-order valence-electron chi connectivity index (χ1n) is 7.78. The lowest BCUT2D eigenvalue weighted by atomic mass is 9.81. The first kappa shape index (κ1) is 13.5. The number of hydrogen-bond acceptors (Lipinski definition) is 2. The first-order chi connectivity index (χ1) is 9.42. The summed E-state index contributed by atoms with van der Waals surface area (Å²) in [7, 11) is 0. The lowest BCUT2D eigenvalue weighted by Crippen LogP contribution is -2.36. The fourth-order valence-corrected chi connectivity index (χ4v) is 4.72. The standard InChI is InChI=1S/C17H25NS/c1-2-4-15(5-3-1)16-6-8-17(9-7-16)18-12-14-10-11-19-13-14/h1-5,14,16-18H,6-13H2. The minimum atomic E-state index is 0.783. The fourth-order valence-electron chi connectivity index (χ4n) is 3.43. The van der Waals surface area contributed by atoms with Crippen LogP contribution in [0.2, 0.25) is 0 Å². The zero-order valence-electron chi connectivity index (χ0n) is 11.7. The molecular formula is C17H25NS. The molecule has 1 aliphatic carbocycles. The maximum Gasteiger partial charge on any atom is 0.00676 e. The molecule has 1 aliphatic heterocycles. The number of nitrogens with one attached hydrogen (secondary N) is 1. The van der Waals surface area contributed by atoms with E-state index >= 15 is 0 Å². The van der Waals surface area contributed by atoms with E-state index < -0.39 is 0 Å². The molecule has 1 saturated carbocycles. The Labute approximate surface area is 121 Å². The molecule has 2 fully saturated rings. The van der Waals surface area contributed by atoms with Gasteiger partial charge in [-0.3, -0.25) is 0 Å². The van der Waals surface area contributed by atoms with Crippen molar-refractivity contribution in [2.45, 2.75) is 44.1 Å². The minimum absolute atomic E-state index is 0.783. The molecule has 19 heavy (non-hydrogen) atoms. The predicted octanol–water partition coefficient (Wildman–Crippen LogP) is 4.06. The van der Waals surface area contributed by atoms with Gasteiger partial charge in [-0.05, 0) is 67.6 Å². The van der Waals surface area contributed by atoms with E-state index in [0.29, 0.717) is 0 Å². The van der Waals surface area contributed by atoms with E-state index in [1.807, 2.05) is 0 Å². The number of benzene rings is 1. The van der Waals surface area contributed by atoms with Crippen molar-refractivity contribution in [1.82, 2.24) is 5.32 Å². The Hall–Kier alpha value is -0.470. The van der Waals surface area contributed by atoms with Gasteiger partial charge in [0.1, 0.15) is 0 Å². The summed E-state index contributed by atoms with van der Waals surface area (Å²) < 4.78 is 0. The molecule has 3 rings (SSSR count). The number of rotatable bonds is 4. The third-order valence-corrected chi connectivity index (χ3v) is 5.95. The lowest BCUT2D eigenvalue weighted by molar-refractivity contribution is 0.329. The van der Waals surface area contributed by atoms with Gasteiger partial charge in [-0.25, -0.2) is 0 Å². The van der Waals surface area contributed by atoms with Crippen LogP contribution < -0.4 is 5.32 Å². The highest BCUT2D eigenvalue weighted by molar-refractivity contribution is 7.99. The molecule has 1 heterocycles. The maximum absolute atomic E-state index is 3.82. The topological polar surface area (TPSA) is 12.0 Å². The molecule has 0 bridgehead atoms. The van der Waals surface area contributed by atoms with Crippen molar-refractivity contribution in [2.75, 3.05) is 18.1 Å². The van der Waals surface area contributed by atoms with Crippen molar-refractivity contribution in [3.8, 4) is 0 Å². The van der Waals surface area contributed by atoms with E-state index in [4.69, 9.17) is 0 Å². The summed E-state index contributed by atoms with van der Waals surface area (Å²) in [6.07, 6.45) is 6.87. The van der Waals surface area contributed by atoms with E-state index in [2.05, 4.69) is 47.4 Å². The summed E-state index contributed by atoms with van der Waals surface area (Å²) in [6, 6.07) is 11.9. The normalized spacial score (nSPS) is 31.5. The average molecular weight is 275 g/mol. The monoisotopic (exact) mass is 275 g/mol. The lowest BCUT2D eigenvalue weighted by Gasteiger charge is -2.30. The van der Waals surface area contributed by atoms with Crippen molar-refractivity contribution in [3.63, 3.8) is 0 Å². The van der Waals surface area contributed by atoms with Crippen LogP contribution in [0.25, 0.3) is 0 Å². The van der Waals surface area contributed by atoms with E-state index in [1.165, 1.54) is 50.2 Å². The van der Waals surface area contributed by atoms with Gasteiger partial charge >= 0.3 is 0 Å². The summed E-state index contributed by atoms with van der Waals surface area (Å²) in [4.78, 5) is 0. The van der Waals surface area contributed by atoms with Crippen molar-refractivity contribution in [3.05, 3.63) is 35.9 Å². The van der Waals surface area contributed by atoms with E-state index in [9.17, 15) is 0 Å². The maximum atomic E-state index is 3.82. The van der Waals surface area contributed by atoms with Crippen LogP contribution in [0.15, 0.2) is 30.3 Å². The van der Waals surface area contributed by atoms with Gasteiger partial charge in [0.2, 0.25) is 0 Å². The Balaban J connectivity index is 1.42. The van der Waals surface area contributed by atoms with Gasteiger partial charge in [0.05, 0.1) is 0 Å². The highest BCUT2D eigenvalue weighted by atomic mass is 32.2. The quantitative estimate of drug-likeness (QED) is 0.889. The van der Waals surface area contributed by atoms with Crippen LogP contribution in [0.4, 0.5) is 0 Å². The van der Waals surface area contributed by atoms with Crippen LogP contribution in [0.5, 0.6) is 0 Å². The first-order valence-corrected chi connectivity index (χ1v) is 8.93. The largest absolute Gasteiger partial charge is 0.314 e. The van der Waals surface area contributed by atoms with Gasteiger partial charge in [0.15, 0.2) is 0 Å². The Morgan fingerprint density at radius 2 is 1.79 bits per heavy atom. The summed E-state index contributed by atoms with van der Waals surface area (Å²) in [5.74, 6) is 4.51. The van der Waals surface area contributed by atoms with Crippen LogP contribution in [-0.4, -0.2) is 24.1 Å². The van der Waals surface area contributed by atoms with Crippen molar-refractivity contribution >= 4 is 11.8 Å². The van der Waals surface area contributed by atoms with Gasteiger partial charge in [0.25, 0.3) is 0 Å². The molecule has 1 atom stereocenters. The van der Waals surface area contributed by atoms with Crippen LogP contribution in [0, 0.1) is 5.92 Å². The summed E-state index contributed by atoms with van der Waals surface area (Å²) >= 11 is 2.13. The summed E-state index contributed by atoms with van der Waals surface area (Å²) in [5.41, 5.74) is 1.55. The molecule has 1 N–H and O–H groups in total. The van der Waals surface area contributed by atoms with E-state index in [1.54, 1.807) is 5.56 Å². The molecule has 1 saturated heterocycles. The average Bonchev–Trinajstić information content (AvgIpc) is 3.00. The summed E-state index contributed by atoms with van der Waals surface area (Å²) in [6.45, 7) is 1.26. The SMILES string of the molecule is c1ccc(C2CCC(NCC3CCSC3)CC2)cc1. The Bertz CT molecular complexity index is 364. The molecule has 1 nitrogen and oxygen atoms in total. The number of hydrogen-bond donors (Lipinski definition) is 1. The molecular weight excluding hydrogens is 250 g/mol. The third-order valence-electron chi connectivity index (χ3n) is 4.72. The molecule has 1 aromatic carbocycles. The zero-order valence-corrected chi connectivity index (χ0v) is 12.5. The smallest absolute Gasteiger partial charge is 0.00676 e. The number of thioether (sulfide) groups is 1. The second-order valence-electron chi connectivity index (χ2n) is 6.10. The Morgan fingerprint density at radius 3 is 2.47 bits per heavy atom. The highest BCUT2D eigenvalue weighted by Gasteiger charge is 2.23. The zero-order chi connectivity index (χ0) is 12.9. The van der Waals surface area contributed by atoms with Gasteiger partial charge in [-0.2, -0.15) is 11.8 Å². The van der Waals surface area contributed by atoms with Gasteiger partial charge in [-0.1, -0.05) is 30.3 Å². The second kappa shape index (κ2) is 6.81. The molecule has 104 valence electrons. The molecule has 0 spiro atoms. The molecule has 0 amide bonds.